The molecule has 194 valence electrons. The first-order valence-corrected chi connectivity index (χ1v) is 12.9. The number of thioether (sulfide) groups is 1. The quantitative estimate of drug-likeness (QED) is 0.0900. The molecule has 0 radical (unpaired) electrons. The van der Waals surface area contributed by atoms with Gasteiger partial charge in [-0.15, -0.1) is 0 Å². The lowest BCUT2D eigenvalue weighted by Crippen LogP contribution is -2.30. The van der Waals surface area contributed by atoms with Gasteiger partial charge in [0.2, 0.25) is 0 Å². The summed E-state index contributed by atoms with van der Waals surface area (Å²) < 4.78 is 47.7. The van der Waals surface area contributed by atoms with Crippen molar-refractivity contribution in [2.45, 2.75) is 23.5 Å². The SMILES string of the molecule is Cn1c(Cc2cnc(SCc3ccc(Oc4ccc(Cl)c(C(F)(F)F)c4)cc3)[n+]([O-])c2)cc2ccccc21. The minimum absolute atomic E-state index is 0.0315. The molecule has 0 spiro atoms. The first-order chi connectivity index (χ1) is 18.2. The Morgan fingerprint density at radius 2 is 1.74 bits per heavy atom. The Labute approximate surface area is 226 Å². The summed E-state index contributed by atoms with van der Waals surface area (Å²) in [4.78, 5) is 4.36. The molecule has 0 fully saturated rings. The highest BCUT2D eigenvalue weighted by atomic mass is 35.5. The summed E-state index contributed by atoms with van der Waals surface area (Å²) in [6.45, 7) is 0. The molecule has 0 atom stereocenters. The third kappa shape index (κ3) is 5.74. The molecule has 0 amide bonds. The van der Waals surface area contributed by atoms with Crippen LogP contribution in [0.1, 0.15) is 22.4 Å². The minimum atomic E-state index is -4.57. The summed E-state index contributed by atoms with van der Waals surface area (Å²) in [5, 5.41) is 13.7. The van der Waals surface area contributed by atoms with E-state index in [2.05, 4.69) is 27.8 Å². The molecule has 5 rings (SSSR count). The standard InChI is InChI=1S/C28H21ClF3N3O2S/c1-34-21(13-20-4-2-3-5-26(20)34)12-19-15-33-27(35(36)16-19)38-17-18-6-8-22(9-7-18)37-23-10-11-25(29)24(14-23)28(30,31)32/h2-11,13-16H,12,17H2,1H3. The number of ether oxygens (including phenoxy) is 1. The number of alkyl halides is 3. The topological polar surface area (TPSA) is 54.0 Å². The summed E-state index contributed by atoms with van der Waals surface area (Å²) in [7, 11) is 2.01. The number of hydrogen-bond donors (Lipinski definition) is 0. The van der Waals surface area contributed by atoms with Gasteiger partial charge in [-0.1, -0.05) is 41.9 Å². The third-order valence-electron chi connectivity index (χ3n) is 6.02. The number of aryl methyl sites for hydroxylation is 1. The summed E-state index contributed by atoms with van der Waals surface area (Å²) in [6.07, 6.45) is -0.721. The fraction of sp³-hybridized carbons (Fsp3) is 0.143. The van der Waals surface area contributed by atoms with Gasteiger partial charge in [-0.25, -0.2) is 4.73 Å². The van der Waals surface area contributed by atoms with Crippen molar-refractivity contribution in [3.63, 3.8) is 0 Å². The predicted octanol–water partition coefficient (Wildman–Crippen LogP) is 7.55. The summed E-state index contributed by atoms with van der Waals surface area (Å²) in [5.41, 5.74) is 2.98. The van der Waals surface area contributed by atoms with E-state index in [1.807, 2.05) is 19.2 Å². The molecule has 5 aromatic rings. The molecule has 0 bridgehead atoms. The fourth-order valence-electron chi connectivity index (χ4n) is 4.07. The zero-order valence-electron chi connectivity index (χ0n) is 20.1. The Kier molecular flexibility index (Phi) is 7.23. The summed E-state index contributed by atoms with van der Waals surface area (Å²) >= 11 is 6.95. The lowest BCUT2D eigenvalue weighted by Gasteiger charge is -2.12. The predicted molar refractivity (Wildman–Crippen MR) is 141 cm³/mol. The number of hydrogen-bond acceptors (Lipinski definition) is 4. The van der Waals surface area contributed by atoms with Crippen LogP contribution in [0.3, 0.4) is 0 Å². The van der Waals surface area contributed by atoms with Crippen LogP contribution >= 0.6 is 23.4 Å². The van der Waals surface area contributed by atoms with Crippen LogP contribution in [-0.2, 0) is 25.4 Å². The second-order valence-corrected chi connectivity index (χ2v) is 10.0. The summed E-state index contributed by atoms with van der Waals surface area (Å²) in [6, 6.07) is 20.5. The lowest BCUT2D eigenvalue weighted by molar-refractivity contribution is -0.651. The van der Waals surface area contributed by atoms with Crippen LogP contribution in [0.2, 0.25) is 5.02 Å². The molecule has 0 saturated carbocycles. The van der Waals surface area contributed by atoms with Crippen molar-refractivity contribution in [3.05, 3.63) is 118 Å². The maximum Gasteiger partial charge on any atom is 0.417 e. The zero-order chi connectivity index (χ0) is 26.9. The number of rotatable bonds is 7. The van der Waals surface area contributed by atoms with E-state index in [1.165, 1.54) is 17.8 Å². The van der Waals surface area contributed by atoms with Crippen LogP contribution < -0.4 is 9.47 Å². The first kappa shape index (κ1) is 25.9. The van der Waals surface area contributed by atoms with Crippen LogP contribution in [-0.4, -0.2) is 9.55 Å². The van der Waals surface area contributed by atoms with Crippen molar-refractivity contribution < 1.29 is 22.6 Å². The number of para-hydroxylation sites is 1. The Hall–Kier alpha value is -3.69. The monoisotopic (exact) mass is 555 g/mol. The molecule has 0 aliphatic heterocycles. The molecule has 3 aromatic carbocycles. The van der Waals surface area contributed by atoms with Crippen LogP contribution in [0.5, 0.6) is 11.5 Å². The highest BCUT2D eigenvalue weighted by Gasteiger charge is 2.33. The highest BCUT2D eigenvalue weighted by Crippen LogP contribution is 2.37. The van der Waals surface area contributed by atoms with Gasteiger partial charge in [-0.05, 0) is 70.2 Å². The van der Waals surface area contributed by atoms with Crippen LogP contribution in [0.15, 0.2) is 90.3 Å². The van der Waals surface area contributed by atoms with Gasteiger partial charge in [0.15, 0.2) is 0 Å². The Morgan fingerprint density at radius 1 is 1.00 bits per heavy atom. The molecule has 2 heterocycles. The van der Waals surface area contributed by atoms with Gasteiger partial charge in [-0.3, -0.25) is 0 Å². The van der Waals surface area contributed by atoms with E-state index in [4.69, 9.17) is 16.3 Å². The lowest BCUT2D eigenvalue weighted by atomic mass is 10.2. The van der Waals surface area contributed by atoms with Gasteiger partial charge in [0.05, 0.1) is 10.6 Å². The van der Waals surface area contributed by atoms with E-state index in [0.717, 1.165) is 44.6 Å². The van der Waals surface area contributed by atoms with Gasteiger partial charge < -0.3 is 14.5 Å². The van der Waals surface area contributed by atoms with E-state index >= 15 is 0 Å². The van der Waals surface area contributed by atoms with Crippen molar-refractivity contribution >= 4 is 34.3 Å². The van der Waals surface area contributed by atoms with Crippen molar-refractivity contribution in [3.8, 4) is 11.5 Å². The number of fused-ring (bicyclic) bond motifs is 1. The van der Waals surface area contributed by atoms with Crippen molar-refractivity contribution in [1.29, 1.82) is 0 Å². The average molecular weight is 556 g/mol. The Morgan fingerprint density at radius 3 is 2.45 bits per heavy atom. The van der Waals surface area contributed by atoms with E-state index < -0.39 is 11.7 Å². The van der Waals surface area contributed by atoms with Crippen molar-refractivity contribution in [2.24, 2.45) is 7.05 Å². The molecule has 0 saturated heterocycles. The molecular weight excluding hydrogens is 535 g/mol. The van der Waals surface area contributed by atoms with Crippen LogP contribution in [0.4, 0.5) is 13.2 Å². The van der Waals surface area contributed by atoms with E-state index in [9.17, 15) is 18.4 Å². The fourth-order valence-corrected chi connectivity index (χ4v) is 5.09. The number of nitrogens with zero attached hydrogens (tertiary/aromatic N) is 3. The molecule has 0 aliphatic rings. The number of aromatic nitrogens is 3. The molecule has 5 nitrogen and oxygen atoms in total. The van der Waals surface area contributed by atoms with Crippen LogP contribution in [0, 0.1) is 5.21 Å². The molecular formula is C28H21ClF3N3O2S. The minimum Gasteiger partial charge on any atom is -0.710 e. The maximum absolute atomic E-state index is 13.1. The normalized spacial score (nSPS) is 11.7. The van der Waals surface area contributed by atoms with Gasteiger partial charge in [-0.2, -0.15) is 13.2 Å². The average Bonchev–Trinajstić information content (AvgIpc) is 3.20. The van der Waals surface area contributed by atoms with Gasteiger partial charge in [0.1, 0.15) is 23.9 Å². The first-order valence-electron chi connectivity index (χ1n) is 11.5. The zero-order valence-corrected chi connectivity index (χ0v) is 21.6. The largest absolute Gasteiger partial charge is 0.710 e. The molecule has 38 heavy (non-hydrogen) atoms. The Balaban J connectivity index is 1.21. The van der Waals surface area contributed by atoms with Crippen LogP contribution in [0.25, 0.3) is 10.9 Å². The smallest absolute Gasteiger partial charge is 0.417 e. The maximum atomic E-state index is 13.1. The van der Waals surface area contributed by atoms with E-state index in [0.29, 0.717) is 23.1 Å². The third-order valence-corrected chi connectivity index (χ3v) is 7.37. The molecule has 2 aromatic heterocycles. The second-order valence-electron chi connectivity index (χ2n) is 8.67. The van der Waals surface area contributed by atoms with E-state index in [1.54, 1.807) is 36.7 Å². The number of halogens is 4. The number of benzene rings is 3. The molecule has 0 unspecified atom stereocenters. The van der Waals surface area contributed by atoms with E-state index in [-0.39, 0.29) is 10.8 Å². The van der Waals surface area contributed by atoms with Crippen molar-refractivity contribution in [2.75, 3.05) is 0 Å². The van der Waals surface area contributed by atoms with Gasteiger partial charge in [0.25, 0.3) is 0 Å². The van der Waals surface area contributed by atoms with Gasteiger partial charge >= 0.3 is 11.3 Å². The Bertz CT molecular complexity index is 1600. The van der Waals surface area contributed by atoms with Gasteiger partial charge in [0, 0.05) is 36.0 Å². The molecule has 0 N–H and O–H groups in total. The highest BCUT2D eigenvalue weighted by molar-refractivity contribution is 7.98. The van der Waals surface area contributed by atoms with Crippen molar-refractivity contribution in [1.82, 2.24) is 9.55 Å². The molecule has 0 aliphatic carbocycles. The second kappa shape index (κ2) is 10.6. The molecule has 10 heteroatoms. The summed E-state index contributed by atoms with van der Waals surface area (Å²) in [5.74, 6) is 0.893.